The number of amides is 2. The van der Waals surface area contributed by atoms with Gasteiger partial charge in [-0.1, -0.05) is 6.92 Å². The average Bonchev–Trinajstić information content (AvgIpc) is 2.95. The minimum atomic E-state index is -0.118. The van der Waals surface area contributed by atoms with Crippen molar-refractivity contribution in [2.45, 2.75) is 26.3 Å². The molecular formula is C13H20N4O2. The Morgan fingerprint density at radius 2 is 2.37 bits per heavy atom. The first-order valence-electron chi connectivity index (χ1n) is 6.65. The molecule has 0 radical (unpaired) electrons. The van der Waals surface area contributed by atoms with E-state index < -0.39 is 0 Å². The number of nitrogens with one attached hydrogen (secondary N) is 1. The Bertz CT molecular complexity index is 469. The second kappa shape index (κ2) is 5.86. The quantitative estimate of drug-likeness (QED) is 0.842. The number of likely N-dealkylation sites (tertiary alicyclic amines) is 1. The molecule has 1 aromatic heterocycles. The van der Waals surface area contributed by atoms with Crippen molar-refractivity contribution in [3.05, 3.63) is 18.0 Å². The Hall–Kier alpha value is -1.85. The fourth-order valence-electron chi connectivity index (χ4n) is 2.34. The Morgan fingerprint density at radius 1 is 1.58 bits per heavy atom. The first-order chi connectivity index (χ1) is 9.11. The molecule has 6 nitrogen and oxygen atoms in total. The molecule has 19 heavy (non-hydrogen) atoms. The van der Waals surface area contributed by atoms with Crippen LogP contribution in [-0.2, 0) is 11.3 Å². The monoisotopic (exact) mass is 264 g/mol. The van der Waals surface area contributed by atoms with Crippen LogP contribution in [0.5, 0.6) is 0 Å². The van der Waals surface area contributed by atoms with Crippen LogP contribution in [-0.4, -0.2) is 46.6 Å². The molecule has 104 valence electrons. The molecular weight excluding hydrogens is 244 g/mol. The largest absolute Gasteiger partial charge is 0.350 e. The maximum atomic E-state index is 12.1. The smallest absolute Gasteiger partial charge is 0.269 e. The second-order valence-corrected chi connectivity index (χ2v) is 4.99. The third-order valence-electron chi connectivity index (χ3n) is 3.36. The lowest BCUT2D eigenvalue weighted by Gasteiger charge is -2.12. The summed E-state index contributed by atoms with van der Waals surface area (Å²) in [7, 11) is 1.79. The van der Waals surface area contributed by atoms with E-state index in [1.165, 1.54) is 0 Å². The van der Waals surface area contributed by atoms with Gasteiger partial charge in [-0.3, -0.25) is 14.3 Å². The van der Waals surface area contributed by atoms with Gasteiger partial charge < -0.3 is 10.2 Å². The molecule has 0 saturated carbocycles. The van der Waals surface area contributed by atoms with Crippen LogP contribution in [0.15, 0.2) is 12.3 Å². The first kappa shape index (κ1) is 13.6. The van der Waals surface area contributed by atoms with Gasteiger partial charge in [0.2, 0.25) is 5.91 Å². The molecule has 1 aliphatic rings. The summed E-state index contributed by atoms with van der Waals surface area (Å²) in [6.07, 6.45) is 3.09. The summed E-state index contributed by atoms with van der Waals surface area (Å²) in [6.45, 7) is 4.03. The molecule has 0 aliphatic carbocycles. The Kier molecular flexibility index (Phi) is 4.19. The van der Waals surface area contributed by atoms with E-state index in [0.29, 0.717) is 25.2 Å². The number of hydrogen-bond donors (Lipinski definition) is 1. The van der Waals surface area contributed by atoms with Gasteiger partial charge in [0.15, 0.2) is 0 Å². The number of nitrogens with zero attached hydrogens (tertiary/aromatic N) is 3. The van der Waals surface area contributed by atoms with Crippen LogP contribution in [0.1, 0.15) is 30.3 Å². The molecule has 0 spiro atoms. The van der Waals surface area contributed by atoms with Crippen molar-refractivity contribution in [1.82, 2.24) is 20.0 Å². The molecule has 1 N–H and O–H groups in total. The number of aryl methyl sites for hydroxylation is 1. The van der Waals surface area contributed by atoms with Crippen LogP contribution in [0.4, 0.5) is 0 Å². The molecule has 1 fully saturated rings. The second-order valence-electron chi connectivity index (χ2n) is 4.99. The van der Waals surface area contributed by atoms with Gasteiger partial charge in [-0.15, -0.1) is 0 Å². The van der Waals surface area contributed by atoms with E-state index in [1.807, 2.05) is 6.92 Å². The SMILES string of the molecule is CCCn1nccc1C(=O)NC[C@H]1CC(=O)N(C)C1. The number of rotatable bonds is 5. The van der Waals surface area contributed by atoms with E-state index in [-0.39, 0.29) is 17.7 Å². The Morgan fingerprint density at radius 3 is 3.00 bits per heavy atom. The van der Waals surface area contributed by atoms with Gasteiger partial charge in [0.25, 0.3) is 5.91 Å². The summed E-state index contributed by atoms with van der Waals surface area (Å²) >= 11 is 0. The molecule has 0 bridgehead atoms. The zero-order valence-corrected chi connectivity index (χ0v) is 11.4. The number of aromatic nitrogens is 2. The predicted molar refractivity (Wildman–Crippen MR) is 70.6 cm³/mol. The molecule has 1 saturated heterocycles. The molecule has 2 rings (SSSR count). The van der Waals surface area contributed by atoms with Crippen molar-refractivity contribution in [2.75, 3.05) is 20.1 Å². The summed E-state index contributed by atoms with van der Waals surface area (Å²) in [6, 6.07) is 1.72. The zero-order chi connectivity index (χ0) is 13.8. The van der Waals surface area contributed by atoms with Gasteiger partial charge in [-0.2, -0.15) is 5.10 Å². The molecule has 1 aliphatic heterocycles. The summed E-state index contributed by atoms with van der Waals surface area (Å²) < 4.78 is 1.71. The predicted octanol–water partition coefficient (Wildman–Crippen LogP) is 0.501. The van der Waals surface area contributed by atoms with Crippen molar-refractivity contribution in [2.24, 2.45) is 5.92 Å². The van der Waals surface area contributed by atoms with Crippen molar-refractivity contribution in [3.8, 4) is 0 Å². The van der Waals surface area contributed by atoms with Gasteiger partial charge >= 0.3 is 0 Å². The number of carbonyl (C=O) groups excluding carboxylic acids is 2. The minimum absolute atomic E-state index is 0.118. The van der Waals surface area contributed by atoms with E-state index in [4.69, 9.17) is 0 Å². The molecule has 0 unspecified atom stereocenters. The summed E-state index contributed by atoms with van der Waals surface area (Å²) in [5, 5.41) is 7.01. The molecule has 1 aromatic rings. The molecule has 6 heteroatoms. The van der Waals surface area contributed by atoms with E-state index in [0.717, 1.165) is 13.0 Å². The summed E-state index contributed by atoms with van der Waals surface area (Å²) in [5.74, 6) is 0.243. The minimum Gasteiger partial charge on any atom is -0.350 e. The summed E-state index contributed by atoms with van der Waals surface area (Å²) in [5.41, 5.74) is 0.583. The van der Waals surface area contributed by atoms with Crippen molar-refractivity contribution in [3.63, 3.8) is 0 Å². The van der Waals surface area contributed by atoms with Crippen molar-refractivity contribution in [1.29, 1.82) is 0 Å². The lowest BCUT2D eigenvalue weighted by molar-refractivity contribution is -0.126. The average molecular weight is 264 g/mol. The third kappa shape index (κ3) is 3.13. The summed E-state index contributed by atoms with van der Waals surface area (Å²) in [4.78, 5) is 25.2. The van der Waals surface area contributed by atoms with E-state index in [1.54, 1.807) is 28.9 Å². The topological polar surface area (TPSA) is 67.2 Å². The Labute approximate surface area is 112 Å². The van der Waals surface area contributed by atoms with Crippen LogP contribution in [0.3, 0.4) is 0 Å². The van der Waals surface area contributed by atoms with E-state index in [2.05, 4.69) is 10.4 Å². The van der Waals surface area contributed by atoms with Gasteiger partial charge in [0.1, 0.15) is 5.69 Å². The highest BCUT2D eigenvalue weighted by atomic mass is 16.2. The fraction of sp³-hybridized carbons (Fsp3) is 0.615. The van der Waals surface area contributed by atoms with E-state index >= 15 is 0 Å². The zero-order valence-electron chi connectivity index (χ0n) is 11.4. The van der Waals surface area contributed by atoms with Gasteiger partial charge in [0.05, 0.1) is 0 Å². The lowest BCUT2D eigenvalue weighted by Crippen LogP contribution is -2.32. The standard InChI is InChI=1S/C13H20N4O2/c1-3-6-17-11(4-5-15-17)13(19)14-8-10-7-12(18)16(2)9-10/h4-5,10H,3,6-9H2,1-2H3,(H,14,19)/t10-/m1/s1. The highest BCUT2D eigenvalue weighted by molar-refractivity contribution is 5.92. The number of hydrogen-bond acceptors (Lipinski definition) is 3. The normalized spacial score (nSPS) is 18.9. The van der Waals surface area contributed by atoms with Crippen LogP contribution in [0.25, 0.3) is 0 Å². The maximum Gasteiger partial charge on any atom is 0.269 e. The molecule has 2 heterocycles. The Balaban J connectivity index is 1.87. The first-order valence-corrected chi connectivity index (χ1v) is 6.65. The maximum absolute atomic E-state index is 12.1. The lowest BCUT2D eigenvalue weighted by atomic mass is 10.1. The highest BCUT2D eigenvalue weighted by Gasteiger charge is 2.27. The van der Waals surface area contributed by atoms with Gasteiger partial charge in [0, 0.05) is 45.2 Å². The van der Waals surface area contributed by atoms with Crippen LogP contribution >= 0.6 is 0 Å². The van der Waals surface area contributed by atoms with Crippen molar-refractivity contribution >= 4 is 11.8 Å². The molecule has 1 atom stereocenters. The van der Waals surface area contributed by atoms with Gasteiger partial charge in [-0.05, 0) is 12.5 Å². The van der Waals surface area contributed by atoms with Crippen LogP contribution in [0, 0.1) is 5.92 Å². The van der Waals surface area contributed by atoms with Gasteiger partial charge in [-0.25, -0.2) is 0 Å². The highest BCUT2D eigenvalue weighted by Crippen LogP contribution is 2.14. The molecule has 2 amide bonds. The van der Waals surface area contributed by atoms with E-state index in [9.17, 15) is 9.59 Å². The molecule has 0 aromatic carbocycles. The van der Waals surface area contributed by atoms with Crippen molar-refractivity contribution < 1.29 is 9.59 Å². The van der Waals surface area contributed by atoms with Crippen LogP contribution < -0.4 is 5.32 Å². The fourth-order valence-corrected chi connectivity index (χ4v) is 2.34. The van der Waals surface area contributed by atoms with Crippen LogP contribution in [0.2, 0.25) is 0 Å². The third-order valence-corrected chi connectivity index (χ3v) is 3.36. The number of carbonyl (C=O) groups is 2.